The number of aromatic nitrogens is 2. The molecule has 1 N–H and O–H groups in total. The number of ether oxygens (including phenoxy) is 1. The molecule has 5 nitrogen and oxygen atoms in total. The zero-order valence-corrected chi connectivity index (χ0v) is 15.6. The van der Waals surface area contributed by atoms with Gasteiger partial charge in [-0.25, -0.2) is 4.68 Å². The standard InChI is InChI=1S/C22H23N3O2/c1-15-6-10-18(11-7-15)25-14-20(22(26)23-13-16-8-9-16)21(24-25)17-4-3-5-19(12-17)27-2/h3-7,10-12,14,16H,8-9,13H2,1-2H3,(H,23,26). The summed E-state index contributed by atoms with van der Waals surface area (Å²) in [5.41, 5.74) is 4.19. The van der Waals surface area contributed by atoms with Crippen molar-refractivity contribution in [2.75, 3.05) is 13.7 Å². The van der Waals surface area contributed by atoms with E-state index in [0.717, 1.165) is 23.5 Å². The SMILES string of the molecule is COc1cccc(-c2nn(-c3ccc(C)cc3)cc2C(=O)NCC2CC2)c1. The molecule has 1 aromatic heterocycles. The van der Waals surface area contributed by atoms with E-state index in [1.807, 2.05) is 61.7 Å². The van der Waals surface area contributed by atoms with Gasteiger partial charge in [-0.2, -0.15) is 5.10 Å². The van der Waals surface area contributed by atoms with Crippen molar-refractivity contribution in [3.63, 3.8) is 0 Å². The minimum atomic E-state index is -0.0851. The molecule has 1 fully saturated rings. The van der Waals surface area contributed by atoms with Crippen LogP contribution in [0.25, 0.3) is 16.9 Å². The maximum Gasteiger partial charge on any atom is 0.255 e. The Balaban J connectivity index is 1.73. The number of hydrogen-bond acceptors (Lipinski definition) is 3. The normalized spacial score (nSPS) is 13.4. The van der Waals surface area contributed by atoms with Crippen LogP contribution in [0.3, 0.4) is 0 Å². The third kappa shape index (κ3) is 3.87. The minimum Gasteiger partial charge on any atom is -0.497 e. The Morgan fingerprint density at radius 2 is 2.00 bits per heavy atom. The smallest absolute Gasteiger partial charge is 0.255 e. The first-order valence-electron chi connectivity index (χ1n) is 9.23. The first-order chi connectivity index (χ1) is 13.1. The monoisotopic (exact) mass is 361 g/mol. The molecule has 0 bridgehead atoms. The summed E-state index contributed by atoms with van der Waals surface area (Å²) in [5.74, 6) is 1.28. The molecule has 27 heavy (non-hydrogen) atoms. The summed E-state index contributed by atoms with van der Waals surface area (Å²) < 4.78 is 7.10. The van der Waals surface area contributed by atoms with Gasteiger partial charge >= 0.3 is 0 Å². The average Bonchev–Trinajstić information content (AvgIpc) is 3.42. The molecule has 3 aromatic rings. The molecule has 0 atom stereocenters. The molecule has 4 rings (SSSR count). The van der Waals surface area contributed by atoms with Crippen molar-refractivity contribution in [2.24, 2.45) is 5.92 Å². The van der Waals surface area contributed by atoms with Gasteiger partial charge in [0, 0.05) is 18.3 Å². The van der Waals surface area contributed by atoms with Crippen molar-refractivity contribution in [3.05, 3.63) is 65.9 Å². The van der Waals surface area contributed by atoms with E-state index < -0.39 is 0 Å². The molecule has 2 aromatic carbocycles. The molecule has 0 saturated heterocycles. The Hall–Kier alpha value is -3.08. The van der Waals surface area contributed by atoms with Gasteiger partial charge in [-0.1, -0.05) is 29.8 Å². The fourth-order valence-corrected chi connectivity index (χ4v) is 3.01. The van der Waals surface area contributed by atoms with Crippen molar-refractivity contribution >= 4 is 5.91 Å². The van der Waals surface area contributed by atoms with Gasteiger partial charge in [0.2, 0.25) is 0 Å². The number of hydrogen-bond donors (Lipinski definition) is 1. The van der Waals surface area contributed by atoms with Crippen LogP contribution in [0.4, 0.5) is 0 Å². The topological polar surface area (TPSA) is 56.2 Å². The zero-order chi connectivity index (χ0) is 18.8. The number of rotatable bonds is 6. The highest BCUT2D eigenvalue weighted by Crippen LogP contribution is 2.29. The Labute approximate surface area is 159 Å². The maximum absolute atomic E-state index is 12.8. The predicted octanol–water partition coefficient (Wildman–Crippen LogP) is 4.00. The molecule has 5 heteroatoms. The van der Waals surface area contributed by atoms with E-state index in [9.17, 15) is 4.79 Å². The Morgan fingerprint density at radius 1 is 1.22 bits per heavy atom. The average molecular weight is 361 g/mol. The van der Waals surface area contributed by atoms with E-state index in [1.165, 1.54) is 18.4 Å². The number of methoxy groups -OCH3 is 1. The van der Waals surface area contributed by atoms with E-state index in [2.05, 4.69) is 5.32 Å². The van der Waals surface area contributed by atoms with Gasteiger partial charge in [-0.15, -0.1) is 0 Å². The molecule has 1 aliphatic carbocycles. The van der Waals surface area contributed by atoms with Gasteiger partial charge in [0.25, 0.3) is 5.91 Å². The van der Waals surface area contributed by atoms with Crippen LogP contribution < -0.4 is 10.1 Å². The van der Waals surface area contributed by atoms with E-state index >= 15 is 0 Å². The fraction of sp³-hybridized carbons (Fsp3) is 0.273. The van der Waals surface area contributed by atoms with Gasteiger partial charge in [0.15, 0.2) is 0 Å². The van der Waals surface area contributed by atoms with Crippen LogP contribution in [-0.4, -0.2) is 29.3 Å². The number of amides is 1. The van der Waals surface area contributed by atoms with E-state index in [-0.39, 0.29) is 5.91 Å². The van der Waals surface area contributed by atoms with Gasteiger partial charge in [-0.05, 0) is 49.9 Å². The molecule has 0 unspecified atom stereocenters. The van der Waals surface area contributed by atoms with Crippen LogP contribution in [-0.2, 0) is 0 Å². The molecule has 0 aliphatic heterocycles. The lowest BCUT2D eigenvalue weighted by molar-refractivity contribution is 0.0952. The number of aryl methyl sites for hydroxylation is 1. The molecule has 1 saturated carbocycles. The van der Waals surface area contributed by atoms with Gasteiger partial charge in [0.1, 0.15) is 11.4 Å². The second-order valence-electron chi connectivity index (χ2n) is 7.06. The largest absolute Gasteiger partial charge is 0.497 e. The van der Waals surface area contributed by atoms with Gasteiger partial charge in [-0.3, -0.25) is 4.79 Å². The molecule has 138 valence electrons. The summed E-state index contributed by atoms with van der Waals surface area (Å²) in [4.78, 5) is 12.8. The number of benzene rings is 2. The summed E-state index contributed by atoms with van der Waals surface area (Å²) in [6.45, 7) is 2.78. The first-order valence-corrected chi connectivity index (χ1v) is 9.23. The summed E-state index contributed by atoms with van der Waals surface area (Å²) in [7, 11) is 1.63. The van der Waals surface area contributed by atoms with Crippen molar-refractivity contribution in [3.8, 4) is 22.7 Å². The second kappa shape index (κ2) is 7.27. The molecular formula is C22H23N3O2. The number of nitrogens with zero attached hydrogens (tertiary/aromatic N) is 2. The quantitative estimate of drug-likeness (QED) is 0.722. The molecule has 0 radical (unpaired) electrons. The van der Waals surface area contributed by atoms with Crippen LogP contribution >= 0.6 is 0 Å². The van der Waals surface area contributed by atoms with Crippen LogP contribution in [0, 0.1) is 12.8 Å². The lowest BCUT2D eigenvalue weighted by Crippen LogP contribution is -2.25. The van der Waals surface area contributed by atoms with E-state index in [0.29, 0.717) is 17.2 Å². The first kappa shape index (κ1) is 17.3. The maximum atomic E-state index is 12.8. The third-order valence-corrected chi connectivity index (χ3v) is 4.85. The third-order valence-electron chi connectivity index (χ3n) is 4.85. The van der Waals surface area contributed by atoms with Crippen molar-refractivity contribution in [1.82, 2.24) is 15.1 Å². The number of carbonyl (C=O) groups is 1. The lowest BCUT2D eigenvalue weighted by Gasteiger charge is -2.06. The number of nitrogens with one attached hydrogen (secondary N) is 1. The Morgan fingerprint density at radius 3 is 2.70 bits per heavy atom. The highest BCUT2D eigenvalue weighted by Gasteiger charge is 2.24. The zero-order valence-electron chi connectivity index (χ0n) is 15.6. The second-order valence-corrected chi connectivity index (χ2v) is 7.06. The predicted molar refractivity (Wildman–Crippen MR) is 105 cm³/mol. The highest BCUT2D eigenvalue weighted by atomic mass is 16.5. The van der Waals surface area contributed by atoms with Crippen molar-refractivity contribution in [2.45, 2.75) is 19.8 Å². The minimum absolute atomic E-state index is 0.0851. The van der Waals surface area contributed by atoms with Crippen molar-refractivity contribution in [1.29, 1.82) is 0 Å². The van der Waals surface area contributed by atoms with E-state index in [4.69, 9.17) is 9.84 Å². The van der Waals surface area contributed by atoms with Crippen molar-refractivity contribution < 1.29 is 9.53 Å². The summed E-state index contributed by atoms with van der Waals surface area (Å²) in [6.07, 6.45) is 4.21. The van der Waals surface area contributed by atoms with Gasteiger partial charge < -0.3 is 10.1 Å². The fourth-order valence-electron chi connectivity index (χ4n) is 3.01. The summed E-state index contributed by atoms with van der Waals surface area (Å²) in [6, 6.07) is 15.7. The summed E-state index contributed by atoms with van der Waals surface area (Å²) >= 11 is 0. The Kier molecular flexibility index (Phi) is 4.67. The Bertz CT molecular complexity index is 956. The highest BCUT2D eigenvalue weighted by molar-refractivity contribution is 6.00. The lowest BCUT2D eigenvalue weighted by atomic mass is 10.1. The molecule has 1 amide bonds. The molecule has 1 aliphatic rings. The van der Waals surface area contributed by atoms with Crippen LogP contribution in [0.5, 0.6) is 5.75 Å². The van der Waals surface area contributed by atoms with Crippen LogP contribution in [0.2, 0.25) is 0 Å². The van der Waals surface area contributed by atoms with Crippen LogP contribution in [0.15, 0.2) is 54.7 Å². The molecule has 1 heterocycles. The summed E-state index contributed by atoms with van der Waals surface area (Å²) in [5, 5.41) is 7.77. The van der Waals surface area contributed by atoms with E-state index in [1.54, 1.807) is 11.8 Å². The van der Waals surface area contributed by atoms with Crippen LogP contribution in [0.1, 0.15) is 28.8 Å². The molecule has 0 spiro atoms. The molecular weight excluding hydrogens is 338 g/mol. The number of carbonyl (C=O) groups excluding carboxylic acids is 1. The van der Waals surface area contributed by atoms with Gasteiger partial charge in [0.05, 0.1) is 18.4 Å².